The van der Waals surface area contributed by atoms with Crippen LogP contribution in [0.15, 0.2) is 47.4 Å². The van der Waals surface area contributed by atoms with E-state index in [1.165, 1.54) is 30.5 Å². The first-order valence-electron chi connectivity index (χ1n) is 15.3. The van der Waals surface area contributed by atoms with Crippen molar-refractivity contribution in [1.29, 1.82) is 0 Å². The molecule has 5 aliphatic heterocycles. The number of piperidine rings is 4. The van der Waals surface area contributed by atoms with E-state index in [9.17, 15) is 18.0 Å². The lowest BCUT2D eigenvalue weighted by Gasteiger charge is -2.55. The van der Waals surface area contributed by atoms with Crippen molar-refractivity contribution in [2.45, 2.75) is 56.8 Å². The average Bonchev–Trinajstić information content (AvgIpc) is 3.02. The van der Waals surface area contributed by atoms with Crippen LogP contribution in [0.25, 0.3) is 11.3 Å². The number of halogens is 3. The van der Waals surface area contributed by atoms with Gasteiger partial charge in [-0.05, 0) is 81.4 Å². The Labute approximate surface area is 248 Å². The first-order chi connectivity index (χ1) is 20.7. The Kier molecular flexibility index (Phi) is 7.20. The molecular formula is C32H37F3N6O2. The number of fused-ring (bicyclic) bond motifs is 5. The Morgan fingerprint density at radius 3 is 2.56 bits per heavy atom. The molecule has 0 amide bonds. The zero-order valence-corrected chi connectivity index (χ0v) is 24.4. The van der Waals surface area contributed by atoms with Crippen molar-refractivity contribution in [3.8, 4) is 17.1 Å². The van der Waals surface area contributed by atoms with Gasteiger partial charge in [-0.25, -0.2) is 4.98 Å². The predicted octanol–water partition coefficient (Wildman–Crippen LogP) is 4.70. The van der Waals surface area contributed by atoms with Gasteiger partial charge in [-0.1, -0.05) is 6.07 Å². The maximum atomic E-state index is 13.9. The van der Waals surface area contributed by atoms with Gasteiger partial charge in [0.05, 0.1) is 29.2 Å². The highest BCUT2D eigenvalue weighted by molar-refractivity contribution is 5.65. The Hall–Kier alpha value is -3.44. The number of hydrogen-bond acceptors (Lipinski definition) is 7. The summed E-state index contributed by atoms with van der Waals surface area (Å²) in [7, 11) is 0. The smallest absolute Gasteiger partial charge is 0.433 e. The molecule has 8 heterocycles. The molecule has 0 aliphatic carbocycles. The number of pyridine rings is 3. The highest BCUT2D eigenvalue weighted by Crippen LogP contribution is 2.46. The van der Waals surface area contributed by atoms with Crippen LogP contribution in [0.3, 0.4) is 0 Å². The van der Waals surface area contributed by atoms with Crippen molar-refractivity contribution < 1.29 is 17.9 Å². The Morgan fingerprint density at radius 2 is 1.86 bits per heavy atom. The molecule has 3 aromatic rings. The van der Waals surface area contributed by atoms with E-state index >= 15 is 0 Å². The van der Waals surface area contributed by atoms with Crippen molar-refractivity contribution in [2.75, 3.05) is 50.8 Å². The molecule has 1 unspecified atom stereocenters. The molecule has 3 aromatic heterocycles. The predicted molar refractivity (Wildman–Crippen MR) is 157 cm³/mol. The van der Waals surface area contributed by atoms with Crippen LogP contribution in [-0.2, 0) is 18.1 Å². The monoisotopic (exact) mass is 594 g/mol. The van der Waals surface area contributed by atoms with E-state index in [0.29, 0.717) is 50.4 Å². The molecule has 2 bridgehead atoms. The summed E-state index contributed by atoms with van der Waals surface area (Å²) in [5.41, 5.74) is 2.02. The lowest BCUT2D eigenvalue weighted by Crippen LogP contribution is -2.61. The van der Waals surface area contributed by atoms with Crippen molar-refractivity contribution in [3.05, 3.63) is 69.9 Å². The fraction of sp³-hybridized carbons (Fsp3) is 0.531. The molecule has 4 fully saturated rings. The number of nitrogens with one attached hydrogen (secondary N) is 1. The second kappa shape index (κ2) is 10.9. The summed E-state index contributed by atoms with van der Waals surface area (Å²) < 4.78 is 47.5. The van der Waals surface area contributed by atoms with Crippen LogP contribution in [0.1, 0.15) is 49.6 Å². The molecule has 8 nitrogen and oxygen atoms in total. The second-order valence-corrected chi connectivity index (χ2v) is 12.4. The van der Waals surface area contributed by atoms with Crippen LogP contribution < -0.4 is 15.2 Å². The second-order valence-electron chi connectivity index (χ2n) is 12.4. The summed E-state index contributed by atoms with van der Waals surface area (Å²) in [5.74, 6) is 1.22. The number of nitrogens with zero attached hydrogens (tertiary/aromatic N) is 5. The van der Waals surface area contributed by atoms with E-state index in [4.69, 9.17) is 9.72 Å². The fourth-order valence-electron chi connectivity index (χ4n) is 7.95. The van der Waals surface area contributed by atoms with Gasteiger partial charge in [-0.3, -0.25) is 14.7 Å². The van der Waals surface area contributed by atoms with E-state index in [1.54, 1.807) is 11.1 Å². The Morgan fingerprint density at radius 1 is 1.07 bits per heavy atom. The standard InChI is InChI=1S/C32H37F3N6O2/c1-2-43-30-22(4-3-13-36-30)24-6-5-23-25(37-24)18-41(27-19-39-14-9-21(27)10-15-39)20-31(23)11-16-40(17-12-31)26-7-8-28(42)38-29(26)32(33,34)35/h3-8,13,21,27H,2,9-12,14-20H2,1H3,(H,38,42). The summed E-state index contributed by atoms with van der Waals surface area (Å²) in [6.45, 7) is 8.38. The van der Waals surface area contributed by atoms with Crippen molar-refractivity contribution in [3.63, 3.8) is 0 Å². The third-order valence-corrected chi connectivity index (χ3v) is 10.1. The van der Waals surface area contributed by atoms with Crippen molar-refractivity contribution >= 4 is 5.69 Å². The lowest BCUT2D eigenvalue weighted by molar-refractivity contribution is -0.140. The molecule has 228 valence electrons. The first kappa shape index (κ1) is 28.3. The molecule has 0 radical (unpaired) electrons. The lowest BCUT2D eigenvalue weighted by atomic mass is 9.68. The minimum Gasteiger partial charge on any atom is -0.477 e. The summed E-state index contributed by atoms with van der Waals surface area (Å²) >= 11 is 0. The summed E-state index contributed by atoms with van der Waals surface area (Å²) in [6, 6.07) is 11.0. The summed E-state index contributed by atoms with van der Waals surface area (Å²) in [6.07, 6.45) is 0.904. The maximum absolute atomic E-state index is 13.9. The highest BCUT2D eigenvalue weighted by Gasteiger charge is 2.48. The molecule has 1 atom stereocenters. The molecule has 43 heavy (non-hydrogen) atoms. The molecule has 0 aromatic carbocycles. The quantitative estimate of drug-likeness (QED) is 0.459. The zero-order chi connectivity index (χ0) is 29.8. The molecular weight excluding hydrogens is 557 g/mol. The van der Waals surface area contributed by atoms with E-state index in [2.05, 4.69) is 20.9 Å². The van der Waals surface area contributed by atoms with Crippen LogP contribution in [0.4, 0.5) is 18.9 Å². The van der Waals surface area contributed by atoms with Gasteiger partial charge in [0.2, 0.25) is 11.4 Å². The van der Waals surface area contributed by atoms with Gasteiger partial charge in [0.15, 0.2) is 0 Å². The number of aromatic nitrogens is 3. The Bertz CT molecular complexity index is 1540. The average molecular weight is 595 g/mol. The number of hydrogen-bond donors (Lipinski definition) is 1. The van der Waals surface area contributed by atoms with Gasteiger partial charge in [-0.2, -0.15) is 13.2 Å². The largest absolute Gasteiger partial charge is 0.477 e. The van der Waals surface area contributed by atoms with Crippen LogP contribution >= 0.6 is 0 Å². The Balaban J connectivity index is 1.24. The molecule has 8 rings (SSSR count). The molecule has 11 heteroatoms. The third kappa shape index (κ3) is 5.20. The van der Waals surface area contributed by atoms with E-state index in [0.717, 1.165) is 49.7 Å². The fourth-order valence-corrected chi connectivity index (χ4v) is 7.95. The van der Waals surface area contributed by atoms with Crippen molar-refractivity contribution in [2.24, 2.45) is 5.92 Å². The van der Waals surface area contributed by atoms with Gasteiger partial charge in [0.25, 0.3) is 0 Å². The third-order valence-electron chi connectivity index (χ3n) is 10.1. The molecule has 1 spiro atoms. The van der Waals surface area contributed by atoms with Crippen LogP contribution in [0.2, 0.25) is 0 Å². The topological polar surface area (TPSA) is 77.6 Å². The zero-order valence-electron chi connectivity index (χ0n) is 24.4. The van der Waals surface area contributed by atoms with Gasteiger partial charge >= 0.3 is 6.18 Å². The number of anilines is 1. The molecule has 0 saturated carbocycles. The number of H-pyrrole nitrogens is 1. The number of aromatic amines is 1. The minimum absolute atomic E-state index is 0.0423. The molecule has 4 saturated heterocycles. The van der Waals surface area contributed by atoms with E-state index < -0.39 is 17.4 Å². The number of rotatable bonds is 5. The van der Waals surface area contributed by atoms with E-state index in [1.807, 2.05) is 30.1 Å². The van der Waals surface area contributed by atoms with Crippen LogP contribution in [0, 0.1) is 5.92 Å². The minimum atomic E-state index is -4.64. The van der Waals surface area contributed by atoms with Gasteiger partial charge < -0.3 is 19.5 Å². The SMILES string of the molecule is CCOc1ncccc1-c1ccc2c(n1)CN(C1CN3CCC1CC3)CC21CCN(c2ccc(=O)[nH]c2C(F)(F)F)CC1. The van der Waals surface area contributed by atoms with Gasteiger partial charge in [0.1, 0.15) is 5.69 Å². The van der Waals surface area contributed by atoms with E-state index in [-0.39, 0.29) is 11.1 Å². The van der Waals surface area contributed by atoms with Gasteiger partial charge in [0, 0.05) is 56.4 Å². The summed E-state index contributed by atoms with van der Waals surface area (Å²) in [5, 5.41) is 0. The number of alkyl halides is 3. The van der Waals surface area contributed by atoms with Crippen LogP contribution in [0.5, 0.6) is 5.88 Å². The highest BCUT2D eigenvalue weighted by atomic mass is 19.4. The number of ether oxygens (including phenoxy) is 1. The normalized spacial score (nSPS) is 25.1. The molecule has 1 N–H and O–H groups in total. The van der Waals surface area contributed by atoms with Crippen molar-refractivity contribution in [1.82, 2.24) is 24.8 Å². The van der Waals surface area contributed by atoms with Gasteiger partial charge in [-0.15, -0.1) is 0 Å². The molecule has 5 aliphatic rings. The maximum Gasteiger partial charge on any atom is 0.433 e. The summed E-state index contributed by atoms with van der Waals surface area (Å²) in [4.78, 5) is 30.5. The van der Waals surface area contributed by atoms with Crippen LogP contribution in [-0.4, -0.2) is 76.7 Å². The first-order valence-corrected chi connectivity index (χ1v) is 15.3.